The molecule has 4 bridgehead atoms. The molecule has 1 amide bonds. The van der Waals surface area contributed by atoms with Crippen LogP contribution < -0.4 is 5.32 Å². The third-order valence-corrected chi connectivity index (χ3v) is 6.63. The van der Waals surface area contributed by atoms with Crippen molar-refractivity contribution in [1.82, 2.24) is 25.1 Å². The van der Waals surface area contributed by atoms with Gasteiger partial charge in [-0.1, -0.05) is 30.3 Å². The fourth-order valence-electron chi connectivity index (χ4n) is 5.62. The number of hydrogen-bond donors (Lipinski definition) is 1. The van der Waals surface area contributed by atoms with E-state index >= 15 is 0 Å². The van der Waals surface area contributed by atoms with E-state index in [-0.39, 0.29) is 17.4 Å². The van der Waals surface area contributed by atoms with Gasteiger partial charge in [-0.2, -0.15) is 0 Å². The molecule has 2 aromatic rings. The summed E-state index contributed by atoms with van der Waals surface area (Å²) in [4.78, 5) is 27.0. The average Bonchev–Trinajstić information content (AvgIpc) is 2.92. The Bertz CT molecular complexity index is 863. The summed E-state index contributed by atoms with van der Waals surface area (Å²) in [5, 5.41) is 3.42. The lowest BCUT2D eigenvalue weighted by atomic mass is 9.64. The second-order valence-electron chi connectivity index (χ2n) is 8.65. The van der Waals surface area contributed by atoms with Gasteiger partial charge in [0.1, 0.15) is 11.5 Å². The molecule has 1 N–H and O–H groups in total. The molecular weight excluding hydrogens is 350 g/mol. The second-order valence-corrected chi connectivity index (χ2v) is 8.65. The van der Waals surface area contributed by atoms with E-state index in [9.17, 15) is 4.79 Å². The molecule has 4 saturated heterocycles. The zero-order chi connectivity index (χ0) is 19.3. The Morgan fingerprint density at radius 2 is 1.75 bits per heavy atom. The fourth-order valence-corrected chi connectivity index (χ4v) is 5.62. The maximum Gasteiger partial charge on any atom is 0.270 e. The zero-order valence-electron chi connectivity index (χ0n) is 16.6. The standard InChI is InChI=1S/C22H27N5O/c1-15-10-19(24-16(2)23-15)21(28)25-20-17-11-26-8-9-27(12-17)14-22(20,13-26)18-6-4-3-5-7-18/h3-7,10,17,20H,8-9,11-14H2,1-2H3,(H,25,28). The van der Waals surface area contributed by atoms with Crippen LogP contribution in [-0.2, 0) is 5.41 Å². The van der Waals surface area contributed by atoms with Gasteiger partial charge >= 0.3 is 0 Å². The van der Waals surface area contributed by atoms with Gasteiger partial charge in [0.25, 0.3) is 5.91 Å². The molecule has 3 unspecified atom stereocenters. The molecule has 6 heteroatoms. The Hall–Kier alpha value is -2.31. The van der Waals surface area contributed by atoms with E-state index in [0.717, 1.165) is 45.0 Å². The number of rotatable bonds is 3. The zero-order valence-corrected chi connectivity index (χ0v) is 16.6. The minimum absolute atomic E-state index is 0.0777. The van der Waals surface area contributed by atoms with Crippen molar-refractivity contribution in [3.63, 3.8) is 0 Å². The number of nitrogens with zero attached hydrogens (tertiary/aromatic N) is 4. The van der Waals surface area contributed by atoms with Gasteiger partial charge in [0.15, 0.2) is 0 Å². The molecule has 3 atom stereocenters. The van der Waals surface area contributed by atoms with Gasteiger partial charge in [0.2, 0.25) is 0 Å². The molecular formula is C22H27N5O. The first-order chi connectivity index (χ1) is 13.5. The number of nitrogens with one attached hydrogen (secondary N) is 1. The Morgan fingerprint density at radius 3 is 2.39 bits per heavy atom. The van der Waals surface area contributed by atoms with Crippen LogP contribution in [0.15, 0.2) is 36.4 Å². The van der Waals surface area contributed by atoms with Crippen molar-refractivity contribution in [1.29, 1.82) is 0 Å². The van der Waals surface area contributed by atoms with E-state index in [1.807, 2.05) is 13.8 Å². The monoisotopic (exact) mass is 377 g/mol. The van der Waals surface area contributed by atoms with Crippen LogP contribution in [0.25, 0.3) is 0 Å². The number of hydrogen-bond acceptors (Lipinski definition) is 5. The Balaban J connectivity index is 1.52. The Labute approximate surface area is 166 Å². The fraction of sp³-hybridized carbons (Fsp3) is 0.500. The molecule has 5 heterocycles. The second kappa shape index (κ2) is 6.64. The molecule has 4 aliphatic rings. The molecule has 0 spiro atoms. The van der Waals surface area contributed by atoms with Gasteiger partial charge in [0.05, 0.1) is 0 Å². The minimum Gasteiger partial charge on any atom is -0.347 e. The first-order valence-electron chi connectivity index (χ1n) is 10.2. The first-order valence-corrected chi connectivity index (χ1v) is 10.2. The average molecular weight is 377 g/mol. The SMILES string of the molecule is Cc1cc(C(=O)NC2C3CN4CCN(C3)CC2(c2ccccc2)C4)nc(C)n1. The molecule has 4 fully saturated rings. The molecule has 28 heavy (non-hydrogen) atoms. The van der Waals surface area contributed by atoms with E-state index in [1.54, 1.807) is 6.07 Å². The van der Waals surface area contributed by atoms with Crippen molar-refractivity contribution in [2.45, 2.75) is 25.3 Å². The highest BCUT2D eigenvalue weighted by Gasteiger charge is 2.55. The maximum atomic E-state index is 13.2. The van der Waals surface area contributed by atoms with Gasteiger partial charge in [0, 0.05) is 62.3 Å². The first kappa shape index (κ1) is 17.8. The van der Waals surface area contributed by atoms with Gasteiger partial charge in [-0.15, -0.1) is 0 Å². The van der Waals surface area contributed by atoms with Crippen LogP contribution in [0.1, 0.15) is 27.6 Å². The summed E-state index contributed by atoms with van der Waals surface area (Å²) < 4.78 is 0. The quantitative estimate of drug-likeness (QED) is 0.876. The van der Waals surface area contributed by atoms with Gasteiger partial charge < -0.3 is 15.1 Å². The van der Waals surface area contributed by atoms with E-state index in [0.29, 0.717) is 17.4 Å². The van der Waals surface area contributed by atoms with Crippen molar-refractivity contribution in [3.05, 3.63) is 59.2 Å². The van der Waals surface area contributed by atoms with Crippen LogP contribution in [0.4, 0.5) is 0 Å². The lowest BCUT2D eigenvalue weighted by molar-refractivity contribution is 0.0179. The lowest BCUT2D eigenvalue weighted by Crippen LogP contribution is -2.70. The predicted octanol–water partition coefficient (Wildman–Crippen LogP) is 1.39. The van der Waals surface area contributed by atoms with Crippen molar-refractivity contribution in [2.24, 2.45) is 5.92 Å². The van der Waals surface area contributed by atoms with Crippen molar-refractivity contribution in [2.75, 3.05) is 39.3 Å². The van der Waals surface area contributed by atoms with Gasteiger partial charge in [-0.25, -0.2) is 9.97 Å². The third kappa shape index (κ3) is 2.91. The summed E-state index contributed by atoms with van der Waals surface area (Å²) >= 11 is 0. The van der Waals surface area contributed by atoms with Gasteiger partial charge in [-0.05, 0) is 25.5 Å². The summed E-state index contributed by atoms with van der Waals surface area (Å²) in [6, 6.07) is 12.7. The number of aryl methyl sites for hydroxylation is 2. The topological polar surface area (TPSA) is 61.4 Å². The van der Waals surface area contributed by atoms with Crippen molar-refractivity contribution >= 4 is 5.91 Å². The maximum absolute atomic E-state index is 13.2. The largest absolute Gasteiger partial charge is 0.347 e. The van der Waals surface area contributed by atoms with Crippen LogP contribution in [0.5, 0.6) is 0 Å². The summed E-state index contributed by atoms with van der Waals surface area (Å²) in [7, 11) is 0. The van der Waals surface area contributed by atoms with E-state index in [2.05, 4.69) is 55.4 Å². The van der Waals surface area contributed by atoms with E-state index in [1.165, 1.54) is 5.56 Å². The van der Waals surface area contributed by atoms with Crippen molar-refractivity contribution < 1.29 is 4.79 Å². The summed E-state index contributed by atoms with van der Waals surface area (Å²) in [5.74, 6) is 0.991. The van der Waals surface area contributed by atoms with Crippen LogP contribution >= 0.6 is 0 Å². The summed E-state index contributed by atoms with van der Waals surface area (Å²) in [6.07, 6.45) is 0. The molecule has 0 radical (unpaired) electrons. The number of aromatic nitrogens is 2. The molecule has 6 nitrogen and oxygen atoms in total. The number of fused-ring (bicyclic) bond motifs is 1. The molecule has 6 rings (SSSR count). The lowest BCUT2D eigenvalue weighted by Gasteiger charge is -2.55. The molecule has 4 aliphatic heterocycles. The smallest absolute Gasteiger partial charge is 0.270 e. The normalized spacial score (nSPS) is 33.5. The highest BCUT2D eigenvalue weighted by atomic mass is 16.2. The number of amides is 1. The summed E-state index contributed by atoms with van der Waals surface area (Å²) in [5.41, 5.74) is 2.55. The Morgan fingerprint density at radius 1 is 1.07 bits per heavy atom. The summed E-state index contributed by atoms with van der Waals surface area (Å²) in [6.45, 7) is 10.1. The molecule has 0 aliphatic carbocycles. The van der Waals surface area contributed by atoms with Crippen molar-refractivity contribution in [3.8, 4) is 0 Å². The van der Waals surface area contributed by atoms with Gasteiger partial charge in [-0.3, -0.25) is 4.79 Å². The number of carbonyl (C=O) groups is 1. The molecule has 1 aromatic heterocycles. The Kier molecular flexibility index (Phi) is 4.21. The van der Waals surface area contributed by atoms with E-state index in [4.69, 9.17) is 0 Å². The number of carbonyl (C=O) groups excluding carboxylic acids is 1. The predicted molar refractivity (Wildman–Crippen MR) is 107 cm³/mol. The van der Waals surface area contributed by atoms with Crippen LogP contribution in [0.3, 0.4) is 0 Å². The molecule has 146 valence electrons. The highest BCUT2D eigenvalue weighted by Crippen LogP contribution is 2.43. The van der Waals surface area contributed by atoms with E-state index < -0.39 is 0 Å². The number of benzene rings is 1. The number of piperidine rings is 2. The van der Waals surface area contributed by atoms with Crippen LogP contribution in [0.2, 0.25) is 0 Å². The van der Waals surface area contributed by atoms with Crippen LogP contribution in [0, 0.1) is 19.8 Å². The molecule has 0 saturated carbocycles. The highest BCUT2D eigenvalue weighted by molar-refractivity contribution is 5.92. The third-order valence-electron chi connectivity index (χ3n) is 6.63. The molecule has 1 aromatic carbocycles. The van der Waals surface area contributed by atoms with Crippen LogP contribution in [-0.4, -0.2) is 71.0 Å². The minimum atomic E-state index is -0.0787.